The van der Waals surface area contributed by atoms with Gasteiger partial charge in [-0.2, -0.15) is 0 Å². The highest BCUT2D eigenvalue weighted by Crippen LogP contribution is 2.35. The Bertz CT molecular complexity index is 1910. The number of ether oxygens (including phenoxy) is 1. The minimum absolute atomic E-state index is 0.0606. The first-order valence-electron chi connectivity index (χ1n) is 16.3. The molecule has 1 amide bonds. The van der Waals surface area contributed by atoms with Crippen LogP contribution in [0.1, 0.15) is 46.2 Å². The zero-order valence-electron chi connectivity index (χ0n) is 27.5. The summed E-state index contributed by atoms with van der Waals surface area (Å²) >= 11 is 0. The number of hydroxylamine groups is 2. The Morgan fingerprint density at radius 2 is 1.28 bits per heavy atom. The number of benzene rings is 5. The molecule has 0 spiro atoms. The molecule has 0 saturated heterocycles. The van der Waals surface area contributed by atoms with Crippen molar-refractivity contribution in [2.75, 3.05) is 20.8 Å². The maximum absolute atomic E-state index is 12.0. The summed E-state index contributed by atoms with van der Waals surface area (Å²) in [5.41, 5.74) is 11.4. The van der Waals surface area contributed by atoms with Crippen molar-refractivity contribution in [3.63, 3.8) is 0 Å². The second kappa shape index (κ2) is 15.0. The van der Waals surface area contributed by atoms with E-state index >= 15 is 0 Å². The number of rotatable bonds is 13. The van der Waals surface area contributed by atoms with Crippen LogP contribution in [0.25, 0.3) is 22.2 Å². The molecule has 5 aromatic carbocycles. The van der Waals surface area contributed by atoms with Crippen LogP contribution in [0, 0.1) is 6.92 Å². The van der Waals surface area contributed by atoms with Crippen LogP contribution < -0.4 is 4.74 Å². The number of hydrogen-bond acceptors (Lipinski definition) is 3. The van der Waals surface area contributed by atoms with E-state index in [0.29, 0.717) is 19.4 Å². The summed E-state index contributed by atoms with van der Waals surface area (Å²) in [7, 11) is 3.11. The molecule has 0 unspecified atom stereocenters. The van der Waals surface area contributed by atoms with Crippen molar-refractivity contribution in [2.45, 2.75) is 39.2 Å². The van der Waals surface area contributed by atoms with E-state index < -0.39 is 0 Å². The molecule has 6 rings (SSSR count). The van der Waals surface area contributed by atoms with Gasteiger partial charge >= 0.3 is 0 Å². The fourth-order valence-electron chi connectivity index (χ4n) is 6.21. The van der Waals surface area contributed by atoms with Crippen molar-refractivity contribution in [2.24, 2.45) is 0 Å². The quantitative estimate of drug-likeness (QED) is 0.0954. The number of hydrogen-bond donors (Lipinski definition) is 0. The molecule has 0 fully saturated rings. The van der Waals surface area contributed by atoms with Gasteiger partial charge in [-0.05, 0) is 89.4 Å². The normalized spacial score (nSPS) is 11.1. The lowest BCUT2D eigenvalue weighted by molar-refractivity contribution is -0.168. The molecule has 0 radical (unpaired) electrons. The fourth-order valence-corrected chi connectivity index (χ4v) is 6.21. The average Bonchev–Trinajstić information content (AvgIpc) is 3.38. The van der Waals surface area contributed by atoms with Gasteiger partial charge in [-0.1, -0.05) is 103 Å². The SMILES string of the molecule is CON(C)C(=O)CCCOc1ccc(Cn2c(-c3ccc(Cc4ccccc4)cc3)c(C)c3cc(Cc4ccccc4)ccc32)cc1. The van der Waals surface area contributed by atoms with Crippen molar-refractivity contribution < 1.29 is 14.4 Å². The van der Waals surface area contributed by atoms with E-state index in [1.807, 2.05) is 12.1 Å². The second-order valence-electron chi connectivity index (χ2n) is 12.1. The highest BCUT2D eigenvalue weighted by molar-refractivity contribution is 5.92. The van der Waals surface area contributed by atoms with Crippen LogP contribution in [0.4, 0.5) is 0 Å². The minimum Gasteiger partial charge on any atom is -0.494 e. The van der Waals surface area contributed by atoms with E-state index in [1.54, 1.807) is 7.05 Å². The molecule has 0 N–H and O–H groups in total. The summed E-state index contributed by atoms with van der Waals surface area (Å²) in [5, 5.41) is 2.54. The van der Waals surface area contributed by atoms with Crippen molar-refractivity contribution in [1.82, 2.24) is 9.63 Å². The Balaban J connectivity index is 1.26. The Morgan fingerprint density at radius 3 is 1.91 bits per heavy atom. The lowest BCUT2D eigenvalue weighted by atomic mass is 10.00. The predicted octanol–water partition coefficient (Wildman–Crippen LogP) is 9.03. The summed E-state index contributed by atoms with van der Waals surface area (Å²) in [4.78, 5) is 16.9. The molecule has 0 aliphatic rings. The highest BCUT2D eigenvalue weighted by Gasteiger charge is 2.17. The number of fused-ring (bicyclic) bond motifs is 1. The second-order valence-corrected chi connectivity index (χ2v) is 12.1. The first kappa shape index (κ1) is 31.8. The third kappa shape index (κ3) is 7.82. The van der Waals surface area contributed by atoms with Gasteiger partial charge in [0.05, 0.1) is 19.4 Å². The molecule has 47 heavy (non-hydrogen) atoms. The van der Waals surface area contributed by atoms with E-state index in [9.17, 15) is 4.79 Å². The zero-order chi connectivity index (χ0) is 32.6. The largest absolute Gasteiger partial charge is 0.494 e. The average molecular weight is 623 g/mol. The molecule has 0 atom stereocenters. The monoisotopic (exact) mass is 622 g/mol. The van der Waals surface area contributed by atoms with Gasteiger partial charge in [0.1, 0.15) is 5.75 Å². The molecule has 0 aliphatic heterocycles. The van der Waals surface area contributed by atoms with Gasteiger partial charge in [-0.15, -0.1) is 0 Å². The Hall–Kier alpha value is -5.13. The molecule has 0 bridgehead atoms. The van der Waals surface area contributed by atoms with Crippen LogP contribution in [0.15, 0.2) is 127 Å². The Labute approximate surface area is 278 Å². The smallest absolute Gasteiger partial charge is 0.245 e. The summed E-state index contributed by atoms with van der Waals surface area (Å²) in [5.74, 6) is 0.740. The van der Waals surface area contributed by atoms with Crippen molar-refractivity contribution in [3.05, 3.63) is 161 Å². The number of amides is 1. The fraction of sp³-hybridized carbons (Fsp3) is 0.214. The van der Waals surface area contributed by atoms with Gasteiger partial charge in [-0.25, -0.2) is 5.06 Å². The summed E-state index contributed by atoms with van der Waals surface area (Å²) in [6.45, 7) is 3.46. The summed E-state index contributed by atoms with van der Waals surface area (Å²) < 4.78 is 8.40. The Kier molecular flexibility index (Phi) is 10.1. The van der Waals surface area contributed by atoms with E-state index in [1.165, 1.54) is 67.7 Å². The Morgan fingerprint density at radius 1 is 0.702 bits per heavy atom. The van der Waals surface area contributed by atoms with E-state index in [0.717, 1.165) is 25.1 Å². The van der Waals surface area contributed by atoms with Crippen LogP contribution in [-0.4, -0.2) is 36.3 Å². The number of nitrogens with zero attached hydrogens (tertiary/aromatic N) is 2. The molecule has 0 aliphatic carbocycles. The number of aromatic nitrogens is 1. The molecular weight excluding hydrogens is 580 g/mol. The third-order valence-electron chi connectivity index (χ3n) is 8.80. The van der Waals surface area contributed by atoms with Crippen LogP contribution in [0.3, 0.4) is 0 Å². The molecule has 0 saturated carbocycles. The molecule has 5 heteroatoms. The van der Waals surface area contributed by atoms with Gasteiger partial charge in [0.2, 0.25) is 5.91 Å². The van der Waals surface area contributed by atoms with Gasteiger partial charge < -0.3 is 9.30 Å². The number of carbonyl (C=O) groups is 1. The zero-order valence-corrected chi connectivity index (χ0v) is 27.5. The molecule has 1 aromatic heterocycles. The first-order valence-corrected chi connectivity index (χ1v) is 16.3. The van der Waals surface area contributed by atoms with Gasteiger partial charge in [0.25, 0.3) is 0 Å². The molecular formula is C42H42N2O3. The topological polar surface area (TPSA) is 43.7 Å². The van der Waals surface area contributed by atoms with Crippen LogP contribution in [0.5, 0.6) is 5.75 Å². The van der Waals surface area contributed by atoms with E-state index in [-0.39, 0.29) is 5.91 Å². The van der Waals surface area contributed by atoms with Crippen molar-refractivity contribution >= 4 is 16.8 Å². The van der Waals surface area contributed by atoms with Crippen LogP contribution in [0.2, 0.25) is 0 Å². The van der Waals surface area contributed by atoms with Crippen molar-refractivity contribution in [3.8, 4) is 17.0 Å². The standard InChI is InChI=1S/C42H42N2O3/c1-31-39-29-36(28-33-13-8-5-9-14-33)20-25-40(39)44(42(31)37-21-16-34(17-22-37)27-32-11-6-4-7-12-32)30-35-18-23-38(24-19-35)47-26-10-15-41(45)43(2)46-3/h4-9,11-14,16-25,29H,10,15,26-28,30H2,1-3H3. The summed E-state index contributed by atoms with van der Waals surface area (Å²) in [6.07, 6.45) is 2.83. The summed E-state index contributed by atoms with van der Waals surface area (Å²) in [6, 6.07) is 45.6. The predicted molar refractivity (Wildman–Crippen MR) is 191 cm³/mol. The molecule has 1 heterocycles. The molecule has 6 aromatic rings. The van der Waals surface area contributed by atoms with Crippen molar-refractivity contribution in [1.29, 1.82) is 0 Å². The van der Waals surface area contributed by atoms with Gasteiger partial charge in [0.15, 0.2) is 0 Å². The minimum atomic E-state index is -0.0606. The number of aryl methyl sites for hydroxylation is 1. The first-order chi connectivity index (χ1) is 23.0. The molecule has 238 valence electrons. The van der Waals surface area contributed by atoms with Crippen LogP contribution >= 0.6 is 0 Å². The molecule has 5 nitrogen and oxygen atoms in total. The van der Waals surface area contributed by atoms with E-state index in [4.69, 9.17) is 9.57 Å². The van der Waals surface area contributed by atoms with Crippen LogP contribution in [-0.2, 0) is 29.0 Å². The maximum Gasteiger partial charge on any atom is 0.245 e. The maximum atomic E-state index is 12.0. The highest BCUT2D eigenvalue weighted by atomic mass is 16.7. The van der Waals surface area contributed by atoms with Gasteiger partial charge in [0, 0.05) is 30.9 Å². The van der Waals surface area contributed by atoms with E-state index in [2.05, 4.69) is 127 Å². The third-order valence-corrected chi connectivity index (χ3v) is 8.80. The van der Waals surface area contributed by atoms with Gasteiger partial charge in [-0.3, -0.25) is 9.63 Å². The lowest BCUT2D eigenvalue weighted by Gasteiger charge is -2.14. The lowest BCUT2D eigenvalue weighted by Crippen LogP contribution is -2.25. The number of carbonyl (C=O) groups excluding carboxylic acids is 1.